The summed E-state index contributed by atoms with van der Waals surface area (Å²) in [5.41, 5.74) is 7.74. The third-order valence-corrected chi connectivity index (χ3v) is 4.66. The Labute approximate surface area is 137 Å². The Bertz CT molecular complexity index is 647. The Kier molecular flexibility index (Phi) is 6.22. The number of nitrogens with two attached hydrogens (primary N) is 1. The molecule has 0 spiro atoms. The van der Waals surface area contributed by atoms with Gasteiger partial charge < -0.3 is 11.1 Å². The van der Waals surface area contributed by atoms with Crippen LogP contribution in [0.4, 0.5) is 5.69 Å². The number of anilines is 1. The molecule has 1 aromatic rings. The van der Waals surface area contributed by atoms with Gasteiger partial charge in [-0.05, 0) is 43.5 Å². The molecule has 1 unspecified atom stereocenters. The Morgan fingerprint density at radius 2 is 2.14 bits per heavy atom. The van der Waals surface area contributed by atoms with E-state index in [9.17, 15) is 13.2 Å². The predicted molar refractivity (Wildman–Crippen MR) is 90.2 cm³/mol. The highest BCUT2D eigenvalue weighted by Gasteiger charge is 2.26. The molecule has 1 amide bonds. The van der Waals surface area contributed by atoms with E-state index in [1.54, 1.807) is 18.2 Å². The van der Waals surface area contributed by atoms with Crippen LogP contribution in [0, 0.1) is 0 Å². The Morgan fingerprint density at radius 1 is 1.45 bits per heavy atom. The second-order valence-corrected chi connectivity index (χ2v) is 7.36. The van der Waals surface area contributed by atoms with E-state index < -0.39 is 10.0 Å². The Morgan fingerprint density at radius 3 is 2.73 bits per heavy atom. The fourth-order valence-corrected chi connectivity index (χ4v) is 3.33. The highest BCUT2D eigenvalue weighted by Crippen LogP contribution is 2.30. The van der Waals surface area contributed by atoms with E-state index in [0.29, 0.717) is 30.8 Å². The molecule has 1 aliphatic heterocycles. The quantitative estimate of drug-likeness (QED) is 0.827. The van der Waals surface area contributed by atoms with Gasteiger partial charge in [-0.1, -0.05) is 0 Å². The summed E-state index contributed by atoms with van der Waals surface area (Å²) in [7, 11) is -3.25. The van der Waals surface area contributed by atoms with E-state index in [-0.39, 0.29) is 24.4 Å². The number of nitrogens with one attached hydrogen (secondary N) is 1. The zero-order chi connectivity index (χ0) is 15.6. The number of fused-ring (bicyclic) bond motifs is 1. The lowest BCUT2D eigenvalue weighted by atomic mass is 10.1. The summed E-state index contributed by atoms with van der Waals surface area (Å²) in [4.78, 5) is 12.0. The lowest BCUT2D eigenvalue weighted by Gasteiger charge is -2.16. The van der Waals surface area contributed by atoms with Crippen molar-refractivity contribution in [3.05, 3.63) is 29.3 Å². The molecule has 1 heterocycles. The van der Waals surface area contributed by atoms with Crippen molar-refractivity contribution in [2.24, 2.45) is 5.73 Å². The number of rotatable bonds is 5. The van der Waals surface area contributed by atoms with E-state index >= 15 is 0 Å². The molecular formula is C14H22ClN3O3S. The number of halogens is 1. The lowest BCUT2D eigenvalue weighted by Crippen LogP contribution is -2.29. The molecule has 0 bridgehead atoms. The largest absolute Gasteiger partial charge is 0.352 e. The fraction of sp³-hybridized carbons (Fsp3) is 0.500. The van der Waals surface area contributed by atoms with Gasteiger partial charge in [0.1, 0.15) is 0 Å². The van der Waals surface area contributed by atoms with Crippen molar-refractivity contribution in [2.45, 2.75) is 25.8 Å². The van der Waals surface area contributed by atoms with Crippen molar-refractivity contribution in [3.63, 3.8) is 0 Å². The zero-order valence-electron chi connectivity index (χ0n) is 12.7. The second kappa shape index (κ2) is 7.30. The minimum atomic E-state index is -3.25. The average molecular weight is 348 g/mol. The summed E-state index contributed by atoms with van der Waals surface area (Å²) < 4.78 is 24.7. The van der Waals surface area contributed by atoms with Crippen molar-refractivity contribution >= 4 is 34.0 Å². The number of amides is 1. The van der Waals surface area contributed by atoms with Gasteiger partial charge in [0.2, 0.25) is 10.0 Å². The van der Waals surface area contributed by atoms with Gasteiger partial charge in [0.15, 0.2) is 0 Å². The van der Waals surface area contributed by atoms with Gasteiger partial charge in [0.25, 0.3) is 5.91 Å². The smallest absolute Gasteiger partial charge is 0.251 e. The van der Waals surface area contributed by atoms with Crippen molar-refractivity contribution in [2.75, 3.05) is 23.7 Å². The molecule has 2 rings (SSSR count). The fourth-order valence-electron chi connectivity index (χ4n) is 2.37. The van der Waals surface area contributed by atoms with E-state index in [0.717, 1.165) is 12.0 Å². The summed E-state index contributed by atoms with van der Waals surface area (Å²) in [6.45, 7) is 2.86. The molecule has 6 nitrogen and oxygen atoms in total. The topological polar surface area (TPSA) is 92.5 Å². The van der Waals surface area contributed by atoms with Crippen LogP contribution in [0.3, 0.4) is 0 Å². The van der Waals surface area contributed by atoms with Crippen LogP contribution in [0.5, 0.6) is 0 Å². The average Bonchev–Trinajstić information content (AvgIpc) is 2.80. The van der Waals surface area contributed by atoms with Gasteiger partial charge in [0.05, 0.1) is 11.9 Å². The second-order valence-electron chi connectivity index (χ2n) is 5.45. The maximum atomic E-state index is 12.0. The molecule has 0 aromatic heterocycles. The van der Waals surface area contributed by atoms with Crippen LogP contribution >= 0.6 is 12.4 Å². The number of hydrogen-bond acceptors (Lipinski definition) is 4. The Balaban J connectivity index is 0.00000242. The van der Waals surface area contributed by atoms with Gasteiger partial charge in [-0.15, -0.1) is 12.4 Å². The molecule has 1 atom stereocenters. The summed E-state index contributed by atoms with van der Waals surface area (Å²) >= 11 is 0. The van der Waals surface area contributed by atoms with E-state index in [2.05, 4.69) is 5.32 Å². The van der Waals surface area contributed by atoms with Crippen LogP contribution < -0.4 is 15.4 Å². The van der Waals surface area contributed by atoms with Gasteiger partial charge in [0, 0.05) is 24.7 Å². The number of benzene rings is 1. The van der Waals surface area contributed by atoms with Gasteiger partial charge in [-0.25, -0.2) is 8.42 Å². The first-order chi connectivity index (χ1) is 9.79. The molecule has 0 radical (unpaired) electrons. The van der Waals surface area contributed by atoms with Crippen LogP contribution in [-0.2, 0) is 16.4 Å². The van der Waals surface area contributed by atoms with Gasteiger partial charge in [-0.3, -0.25) is 9.10 Å². The summed E-state index contributed by atoms with van der Waals surface area (Å²) in [5, 5.41) is 2.81. The summed E-state index contributed by atoms with van der Waals surface area (Å²) in [6.07, 6.45) is 2.54. The van der Waals surface area contributed by atoms with E-state index in [1.165, 1.54) is 10.6 Å². The number of nitrogens with zero attached hydrogens (tertiary/aromatic N) is 1. The predicted octanol–water partition coefficient (Wildman–Crippen LogP) is 0.898. The minimum Gasteiger partial charge on any atom is -0.352 e. The van der Waals surface area contributed by atoms with Crippen LogP contribution in [0.25, 0.3) is 0 Å². The van der Waals surface area contributed by atoms with Crippen LogP contribution in [-0.4, -0.2) is 39.7 Å². The number of carbonyl (C=O) groups excluding carboxylic acids is 1. The first-order valence-corrected chi connectivity index (χ1v) is 8.78. The molecule has 0 fully saturated rings. The summed E-state index contributed by atoms with van der Waals surface area (Å²) in [6, 6.07) is 5.17. The van der Waals surface area contributed by atoms with Crippen LogP contribution in [0.2, 0.25) is 0 Å². The molecule has 0 saturated heterocycles. The molecule has 8 heteroatoms. The van der Waals surface area contributed by atoms with Crippen molar-refractivity contribution in [1.82, 2.24) is 5.32 Å². The lowest BCUT2D eigenvalue weighted by molar-refractivity contribution is 0.0952. The highest BCUT2D eigenvalue weighted by molar-refractivity contribution is 7.92. The standard InChI is InChI=1S/C14H21N3O3S.ClH/c1-10(15)5-7-16-14(18)12-3-4-13-11(9-12)6-8-17(13)21(2,19)20;/h3-4,9-10H,5-8,15H2,1-2H3,(H,16,18);1H. The maximum Gasteiger partial charge on any atom is 0.251 e. The molecule has 1 aliphatic rings. The summed E-state index contributed by atoms with van der Waals surface area (Å²) in [5.74, 6) is -0.156. The third kappa shape index (κ3) is 4.34. The van der Waals surface area contributed by atoms with Gasteiger partial charge >= 0.3 is 0 Å². The molecule has 22 heavy (non-hydrogen) atoms. The van der Waals surface area contributed by atoms with Crippen molar-refractivity contribution in [3.8, 4) is 0 Å². The SMILES string of the molecule is CC(N)CCNC(=O)c1ccc2c(c1)CCN2S(C)(=O)=O.Cl. The van der Waals surface area contributed by atoms with Gasteiger partial charge in [-0.2, -0.15) is 0 Å². The first-order valence-electron chi connectivity index (χ1n) is 6.93. The zero-order valence-corrected chi connectivity index (χ0v) is 14.3. The maximum absolute atomic E-state index is 12.0. The normalized spacial score (nSPS) is 15.0. The van der Waals surface area contributed by atoms with E-state index in [1.807, 2.05) is 6.92 Å². The highest BCUT2D eigenvalue weighted by atomic mass is 35.5. The molecule has 124 valence electrons. The number of hydrogen-bond donors (Lipinski definition) is 2. The number of sulfonamides is 1. The first kappa shape index (κ1) is 18.7. The minimum absolute atomic E-state index is 0. The molecule has 0 saturated carbocycles. The molecule has 3 N–H and O–H groups in total. The molecule has 0 aliphatic carbocycles. The molecule has 1 aromatic carbocycles. The van der Waals surface area contributed by atoms with Crippen molar-refractivity contribution < 1.29 is 13.2 Å². The third-order valence-electron chi connectivity index (χ3n) is 3.48. The molecular weight excluding hydrogens is 326 g/mol. The van der Waals surface area contributed by atoms with Crippen molar-refractivity contribution in [1.29, 1.82) is 0 Å². The Hall–Kier alpha value is -1.31. The van der Waals surface area contributed by atoms with Crippen LogP contribution in [0.1, 0.15) is 29.3 Å². The van der Waals surface area contributed by atoms with E-state index in [4.69, 9.17) is 5.73 Å². The number of carbonyl (C=O) groups is 1. The monoisotopic (exact) mass is 347 g/mol. The van der Waals surface area contributed by atoms with Crippen LogP contribution in [0.15, 0.2) is 18.2 Å².